The number of carboxylic acid groups (broad SMARTS) is 1. The van der Waals surface area contributed by atoms with Gasteiger partial charge in [0.2, 0.25) is 0 Å². The summed E-state index contributed by atoms with van der Waals surface area (Å²) in [6.45, 7) is 4.66. The van der Waals surface area contributed by atoms with E-state index >= 15 is 0 Å². The van der Waals surface area contributed by atoms with Gasteiger partial charge < -0.3 is 20.1 Å². The molecule has 0 saturated heterocycles. The molecule has 0 aliphatic heterocycles. The number of hydrogen-bond acceptors (Lipinski definition) is 4. The lowest BCUT2D eigenvalue weighted by Gasteiger charge is -2.18. The molecule has 0 spiro atoms. The molecular formula is C15H20FN3O4. The fraction of sp³-hybridized carbons (Fsp3) is 0.400. The number of hydrogen-bond donors (Lipinski definition) is 2. The molecule has 0 aliphatic carbocycles. The first-order valence-electron chi connectivity index (χ1n) is 7.14. The van der Waals surface area contributed by atoms with Crippen molar-refractivity contribution in [3.05, 3.63) is 35.9 Å². The van der Waals surface area contributed by atoms with Gasteiger partial charge in [0.1, 0.15) is 18.1 Å². The van der Waals surface area contributed by atoms with Gasteiger partial charge in [-0.2, -0.15) is 0 Å². The van der Waals surface area contributed by atoms with Crippen molar-refractivity contribution in [2.75, 3.05) is 26.2 Å². The van der Waals surface area contributed by atoms with Gasteiger partial charge in [-0.15, -0.1) is 0 Å². The normalized spacial score (nSPS) is 11.0. The minimum absolute atomic E-state index is 0.123. The Morgan fingerprint density at radius 2 is 2.09 bits per heavy atom. The molecule has 1 rings (SSSR count). The minimum atomic E-state index is -1.25. The van der Waals surface area contributed by atoms with E-state index < -0.39 is 6.09 Å². The van der Waals surface area contributed by atoms with Crippen molar-refractivity contribution in [2.24, 2.45) is 0 Å². The summed E-state index contributed by atoms with van der Waals surface area (Å²) in [4.78, 5) is 28.1. The van der Waals surface area contributed by atoms with Gasteiger partial charge in [-0.25, -0.2) is 14.2 Å². The predicted octanol–water partition coefficient (Wildman–Crippen LogP) is 2.06. The van der Waals surface area contributed by atoms with Crippen molar-refractivity contribution in [2.45, 2.75) is 13.8 Å². The summed E-state index contributed by atoms with van der Waals surface area (Å²) in [6.07, 6.45) is 0.420. The van der Waals surface area contributed by atoms with E-state index in [1.807, 2.05) is 19.2 Å². The number of pyridine rings is 1. The maximum atomic E-state index is 12.6. The molecular weight excluding hydrogens is 305 g/mol. The lowest BCUT2D eigenvalue weighted by molar-refractivity contribution is 0.0767. The van der Waals surface area contributed by atoms with Crippen LogP contribution in [0.25, 0.3) is 0 Å². The third-order valence-corrected chi connectivity index (χ3v) is 3.05. The van der Waals surface area contributed by atoms with Gasteiger partial charge in [0.25, 0.3) is 5.91 Å². The number of aromatic nitrogens is 1. The first-order chi connectivity index (χ1) is 11.0. The summed E-state index contributed by atoms with van der Waals surface area (Å²) in [5.41, 5.74) is 0.436. The number of halogens is 1. The number of carbonyl (C=O) groups excluding carboxylic acids is 1. The number of ether oxygens (including phenoxy) is 1. The maximum Gasteiger partial charge on any atom is 0.404 e. The van der Waals surface area contributed by atoms with Crippen LogP contribution in [0.2, 0.25) is 0 Å². The lowest BCUT2D eigenvalue weighted by atomic mass is 10.3. The molecule has 1 aromatic heterocycles. The fourth-order valence-electron chi connectivity index (χ4n) is 1.75. The van der Waals surface area contributed by atoms with Gasteiger partial charge in [0.15, 0.2) is 0 Å². The van der Waals surface area contributed by atoms with E-state index in [0.29, 0.717) is 30.9 Å². The lowest BCUT2D eigenvalue weighted by Crippen LogP contribution is -2.31. The van der Waals surface area contributed by atoms with Crippen LogP contribution in [0.5, 0.6) is 5.75 Å². The highest BCUT2D eigenvalue weighted by Crippen LogP contribution is 2.12. The summed E-state index contributed by atoms with van der Waals surface area (Å²) in [7, 11) is 0. The SMILES string of the molecule is CCN(CC)C(=O)c1ccc(OC/C(=C/F)CNC(=O)O)cn1. The highest BCUT2D eigenvalue weighted by molar-refractivity contribution is 5.92. The van der Waals surface area contributed by atoms with E-state index in [9.17, 15) is 14.0 Å². The number of amides is 2. The Kier molecular flexibility index (Phi) is 7.52. The fourth-order valence-corrected chi connectivity index (χ4v) is 1.75. The monoisotopic (exact) mass is 325 g/mol. The maximum absolute atomic E-state index is 12.6. The Morgan fingerprint density at radius 3 is 2.57 bits per heavy atom. The van der Waals surface area contributed by atoms with Crippen LogP contribution < -0.4 is 10.1 Å². The Morgan fingerprint density at radius 1 is 1.39 bits per heavy atom. The zero-order valence-electron chi connectivity index (χ0n) is 13.1. The smallest absolute Gasteiger partial charge is 0.404 e. The second kappa shape index (κ2) is 9.39. The van der Waals surface area contributed by atoms with Crippen molar-refractivity contribution in [1.82, 2.24) is 15.2 Å². The third-order valence-electron chi connectivity index (χ3n) is 3.05. The van der Waals surface area contributed by atoms with Gasteiger partial charge in [0.05, 0.1) is 12.5 Å². The van der Waals surface area contributed by atoms with Crippen molar-refractivity contribution in [1.29, 1.82) is 0 Å². The molecule has 0 unspecified atom stereocenters. The van der Waals surface area contributed by atoms with Gasteiger partial charge in [0, 0.05) is 25.2 Å². The zero-order valence-corrected chi connectivity index (χ0v) is 13.1. The van der Waals surface area contributed by atoms with E-state index in [1.54, 1.807) is 11.0 Å². The van der Waals surface area contributed by atoms with E-state index in [1.165, 1.54) is 12.3 Å². The van der Waals surface area contributed by atoms with Gasteiger partial charge in [-0.05, 0) is 26.0 Å². The average molecular weight is 325 g/mol. The second-order valence-corrected chi connectivity index (χ2v) is 4.57. The minimum Gasteiger partial charge on any atom is -0.487 e. The number of nitrogens with one attached hydrogen (secondary N) is 1. The Labute approximate surface area is 133 Å². The highest BCUT2D eigenvalue weighted by atomic mass is 19.1. The van der Waals surface area contributed by atoms with Crippen LogP contribution in [-0.2, 0) is 0 Å². The number of rotatable bonds is 8. The first kappa shape index (κ1) is 18.4. The van der Waals surface area contributed by atoms with Crippen molar-refractivity contribution in [3.8, 4) is 5.75 Å². The van der Waals surface area contributed by atoms with Gasteiger partial charge in [-0.3, -0.25) is 4.79 Å². The molecule has 0 saturated carbocycles. The van der Waals surface area contributed by atoms with Gasteiger partial charge >= 0.3 is 6.09 Å². The Balaban J connectivity index is 2.60. The molecule has 1 aromatic rings. The van der Waals surface area contributed by atoms with E-state index in [4.69, 9.17) is 9.84 Å². The largest absolute Gasteiger partial charge is 0.487 e. The molecule has 8 heteroatoms. The molecule has 0 radical (unpaired) electrons. The number of nitrogens with zero attached hydrogens (tertiary/aromatic N) is 2. The van der Waals surface area contributed by atoms with Gasteiger partial charge in [-0.1, -0.05) is 0 Å². The van der Waals surface area contributed by atoms with Crippen molar-refractivity contribution >= 4 is 12.0 Å². The van der Waals surface area contributed by atoms with Crippen molar-refractivity contribution < 1.29 is 23.8 Å². The van der Waals surface area contributed by atoms with E-state index in [-0.39, 0.29) is 24.6 Å². The van der Waals surface area contributed by atoms with Crippen molar-refractivity contribution in [3.63, 3.8) is 0 Å². The average Bonchev–Trinajstić information content (AvgIpc) is 2.56. The summed E-state index contributed by atoms with van der Waals surface area (Å²) in [6, 6.07) is 3.09. The zero-order chi connectivity index (χ0) is 17.2. The molecule has 0 atom stereocenters. The summed E-state index contributed by atoms with van der Waals surface area (Å²) >= 11 is 0. The molecule has 126 valence electrons. The van der Waals surface area contributed by atoms with Crippen LogP contribution in [0.1, 0.15) is 24.3 Å². The molecule has 0 fully saturated rings. The van der Waals surface area contributed by atoms with E-state index in [0.717, 1.165) is 0 Å². The summed E-state index contributed by atoms with van der Waals surface area (Å²) in [5.74, 6) is 0.187. The van der Waals surface area contributed by atoms with Crippen LogP contribution in [0.3, 0.4) is 0 Å². The third kappa shape index (κ3) is 5.93. The van der Waals surface area contributed by atoms with Crippen LogP contribution >= 0.6 is 0 Å². The quantitative estimate of drug-likeness (QED) is 0.763. The molecule has 2 amide bonds. The predicted molar refractivity (Wildman–Crippen MR) is 82.2 cm³/mol. The molecule has 23 heavy (non-hydrogen) atoms. The molecule has 0 bridgehead atoms. The van der Waals surface area contributed by atoms with Crippen LogP contribution in [0, 0.1) is 0 Å². The Hall–Kier alpha value is -2.64. The highest BCUT2D eigenvalue weighted by Gasteiger charge is 2.13. The first-order valence-corrected chi connectivity index (χ1v) is 7.14. The second-order valence-electron chi connectivity index (χ2n) is 4.57. The molecule has 0 aromatic carbocycles. The van der Waals surface area contributed by atoms with Crippen LogP contribution in [0.4, 0.5) is 9.18 Å². The van der Waals surface area contributed by atoms with E-state index in [2.05, 4.69) is 4.98 Å². The van der Waals surface area contributed by atoms with Crippen LogP contribution in [-0.4, -0.2) is 53.2 Å². The molecule has 0 aliphatic rings. The topological polar surface area (TPSA) is 91.8 Å². The summed E-state index contributed by atoms with van der Waals surface area (Å²) < 4.78 is 17.9. The molecule has 1 heterocycles. The molecule has 7 nitrogen and oxygen atoms in total. The van der Waals surface area contributed by atoms with Crippen LogP contribution in [0.15, 0.2) is 30.2 Å². The summed E-state index contributed by atoms with van der Waals surface area (Å²) in [5, 5.41) is 10.5. The number of carbonyl (C=O) groups is 2. The molecule has 2 N–H and O–H groups in total. The Bertz CT molecular complexity index is 556. The standard InChI is InChI=1S/C15H20FN3O4/c1-3-19(4-2)14(20)13-6-5-12(9-17-13)23-10-11(7-16)8-18-15(21)22/h5-7,9,18H,3-4,8,10H2,1-2H3,(H,21,22)/b11-7+.